The summed E-state index contributed by atoms with van der Waals surface area (Å²) in [6.45, 7) is 4.18. The van der Waals surface area contributed by atoms with Crippen LogP contribution in [0.4, 0.5) is 0 Å². The fraction of sp³-hybridized carbons (Fsp3) is 0.400. The van der Waals surface area contributed by atoms with Crippen molar-refractivity contribution in [2.75, 3.05) is 0 Å². The SMILES string of the molecule is Cc1nn(C)c(Cl)c1COc1c(Cl)cccc1CC(C)N. The van der Waals surface area contributed by atoms with Gasteiger partial charge in [0.2, 0.25) is 0 Å². The molecule has 1 unspecified atom stereocenters. The van der Waals surface area contributed by atoms with E-state index in [0.717, 1.165) is 16.8 Å². The van der Waals surface area contributed by atoms with Crippen LogP contribution in [0.3, 0.4) is 0 Å². The molecule has 0 fully saturated rings. The minimum absolute atomic E-state index is 0.0366. The van der Waals surface area contributed by atoms with Gasteiger partial charge in [-0.15, -0.1) is 0 Å². The average molecular weight is 328 g/mol. The van der Waals surface area contributed by atoms with Crippen molar-refractivity contribution in [2.45, 2.75) is 32.9 Å². The van der Waals surface area contributed by atoms with Crippen molar-refractivity contribution in [3.8, 4) is 5.75 Å². The predicted octanol–water partition coefficient (Wildman–Crippen LogP) is 3.50. The zero-order valence-electron chi connectivity index (χ0n) is 12.4. The second kappa shape index (κ2) is 6.69. The molecule has 2 aromatic rings. The molecule has 0 saturated heterocycles. The Hall–Kier alpha value is -1.23. The molecule has 4 nitrogen and oxygen atoms in total. The highest BCUT2D eigenvalue weighted by atomic mass is 35.5. The fourth-order valence-electron chi connectivity index (χ4n) is 2.20. The van der Waals surface area contributed by atoms with Gasteiger partial charge in [-0.3, -0.25) is 4.68 Å². The van der Waals surface area contributed by atoms with Gasteiger partial charge < -0.3 is 10.5 Å². The van der Waals surface area contributed by atoms with Gasteiger partial charge in [0.15, 0.2) is 0 Å². The van der Waals surface area contributed by atoms with Crippen molar-refractivity contribution in [2.24, 2.45) is 12.8 Å². The Bertz CT molecular complexity index is 638. The summed E-state index contributed by atoms with van der Waals surface area (Å²) in [4.78, 5) is 0. The number of rotatable bonds is 5. The van der Waals surface area contributed by atoms with E-state index in [-0.39, 0.29) is 6.04 Å². The van der Waals surface area contributed by atoms with Gasteiger partial charge in [-0.2, -0.15) is 5.10 Å². The maximum absolute atomic E-state index is 6.24. The normalized spacial score (nSPS) is 12.5. The van der Waals surface area contributed by atoms with Crippen molar-refractivity contribution < 1.29 is 4.74 Å². The van der Waals surface area contributed by atoms with E-state index < -0.39 is 0 Å². The van der Waals surface area contributed by atoms with Crippen LogP contribution in [-0.4, -0.2) is 15.8 Å². The summed E-state index contributed by atoms with van der Waals surface area (Å²) in [5.41, 5.74) is 8.58. The predicted molar refractivity (Wildman–Crippen MR) is 86.1 cm³/mol. The molecule has 1 aromatic carbocycles. The number of aryl methyl sites for hydroxylation is 2. The summed E-state index contributed by atoms with van der Waals surface area (Å²) in [5.74, 6) is 0.663. The van der Waals surface area contributed by atoms with E-state index in [1.807, 2.05) is 26.0 Å². The summed E-state index contributed by atoms with van der Waals surface area (Å²) in [5, 5.41) is 5.42. The lowest BCUT2D eigenvalue weighted by Crippen LogP contribution is -2.18. The third kappa shape index (κ3) is 3.70. The average Bonchev–Trinajstić information content (AvgIpc) is 2.63. The molecule has 0 aliphatic rings. The minimum Gasteiger partial charge on any atom is -0.487 e. The number of nitrogens with two attached hydrogens (primary N) is 1. The van der Waals surface area contributed by atoms with Crippen LogP contribution in [0.1, 0.15) is 23.7 Å². The molecular formula is C15H19Cl2N3O. The summed E-state index contributed by atoms with van der Waals surface area (Å²) < 4.78 is 7.53. The summed E-state index contributed by atoms with van der Waals surface area (Å²) in [6.07, 6.45) is 0.704. The van der Waals surface area contributed by atoms with Crippen LogP contribution >= 0.6 is 23.2 Å². The van der Waals surface area contributed by atoms with Crippen LogP contribution in [-0.2, 0) is 20.1 Å². The molecule has 0 bridgehead atoms. The third-order valence-corrected chi connectivity index (χ3v) is 3.99. The highest BCUT2D eigenvalue weighted by molar-refractivity contribution is 6.32. The molecule has 0 saturated carbocycles. The molecular weight excluding hydrogens is 309 g/mol. The Morgan fingerprint density at radius 2 is 2.10 bits per heavy atom. The summed E-state index contributed by atoms with van der Waals surface area (Å²) >= 11 is 12.5. The molecule has 0 radical (unpaired) electrons. The molecule has 0 spiro atoms. The number of halogens is 2. The molecule has 1 aromatic heterocycles. The van der Waals surface area contributed by atoms with Gasteiger partial charge in [0, 0.05) is 18.7 Å². The second-order valence-corrected chi connectivity index (χ2v) is 5.94. The first-order valence-corrected chi connectivity index (χ1v) is 7.49. The zero-order valence-corrected chi connectivity index (χ0v) is 13.9. The van der Waals surface area contributed by atoms with Gasteiger partial charge in [0.05, 0.1) is 10.7 Å². The molecule has 0 aliphatic carbocycles. The van der Waals surface area contributed by atoms with Crippen molar-refractivity contribution in [1.29, 1.82) is 0 Å². The lowest BCUT2D eigenvalue weighted by atomic mass is 10.1. The summed E-state index contributed by atoms with van der Waals surface area (Å²) in [6, 6.07) is 5.71. The molecule has 114 valence electrons. The van der Waals surface area contributed by atoms with Gasteiger partial charge in [-0.1, -0.05) is 35.3 Å². The Labute approximate surface area is 134 Å². The van der Waals surface area contributed by atoms with Gasteiger partial charge in [-0.25, -0.2) is 0 Å². The van der Waals surface area contributed by atoms with E-state index in [1.165, 1.54) is 0 Å². The number of benzene rings is 1. The summed E-state index contributed by atoms with van der Waals surface area (Å²) in [7, 11) is 1.80. The maximum atomic E-state index is 6.24. The van der Waals surface area contributed by atoms with Crippen LogP contribution in [0.5, 0.6) is 5.75 Å². The number of hydrogen-bond acceptors (Lipinski definition) is 3. The molecule has 6 heteroatoms. The molecule has 2 N–H and O–H groups in total. The van der Waals surface area contributed by atoms with Crippen molar-refractivity contribution in [3.05, 3.63) is 45.2 Å². The Morgan fingerprint density at radius 1 is 1.38 bits per heavy atom. The lowest BCUT2D eigenvalue weighted by Gasteiger charge is -2.14. The van der Waals surface area contributed by atoms with E-state index in [9.17, 15) is 0 Å². The number of ether oxygens (including phenoxy) is 1. The molecule has 0 aliphatic heterocycles. The first-order chi connectivity index (χ1) is 9.90. The lowest BCUT2D eigenvalue weighted by molar-refractivity contribution is 0.302. The molecule has 2 rings (SSSR count). The largest absolute Gasteiger partial charge is 0.487 e. The van der Waals surface area contributed by atoms with E-state index in [1.54, 1.807) is 17.8 Å². The minimum atomic E-state index is 0.0366. The van der Waals surface area contributed by atoms with Gasteiger partial charge in [0.1, 0.15) is 17.5 Å². The molecule has 1 atom stereocenters. The molecule has 21 heavy (non-hydrogen) atoms. The maximum Gasteiger partial charge on any atom is 0.141 e. The standard InChI is InChI=1S/C15H19Cl2N3O/c1-9(18)7-11-5-4-6-13(16)14(11)21-8-12-10(2)19-20(3)15(12)17/h4-6,9H,7-8,18H2,1-3H3. The van der Waals surface area contributed by atoms with Crippen LogP contribution in [0.15, 0.2) is 18.2 Å². The number of para-hydroxylation sites is 1. The topological polar surface area (TPSA) is 53.1 Å². The monoisotopic (exact) mass is 327 g/mol. The van der Waals surface area contributed by atoms with Gasteiger partial charge >= 0.3 is 0 Å². The van der Waals surface area contributed by atoms with Crippen LogP contribution in [0.2, 0.25) is 10.2 Å². The van der Waals surface area contributed by atoms with Crippen LogP contribution in [0, 0.1) is 6.92 Å². The van der Waals surface area contributed by atoms with Crippen LogP contribution in [0.25, 0.3) is 0 Å². The molecule has 0 amide bonds. The van der Waals surface area contributed by atoms with Gasteiger partial charge in [-0.05, 0) is 31.9 Å². The first-order valence-electron chi connectivity index (χ1n) is 6.74. The first kappa shape index (κ1) is 16.1. The molecule has 1 heterocycles. The van der Waals surface area contributed by atoms with Gasteiger partial charge in [0.25, 0.3) is 0 Å². The highest BCUT2D eigenvalue weighted by Crippen LogP contribution is 2.31. The highest BCUT2D eigenvalue weighted by Gasteiger charge is 2.15. The number of nitrogens with zero attached hydrogens (tertiary/aromatic N) is 2. The van der Waals surface area contributed by atoms with Crippen molar-refractivity contribution in [3.63, 3.8) is 0 Å². The second-order valence-electron chi connectivity index (χ2n) is 5.18. The smallest absolute Gasteiger partial charge is 0.141 e. The van der Waals surface area contributed by atoms with E-state index >= 15 is 0 Å². The fourth-order valence-corrected chi connectivity index (χ4v) is 2.68. The number of hydrogen-bond donors (Lipinski definition) is 1. The van der Waals surface area contributed by atoms with Crippen molar-refractivity contribution in [1.82, 2.24) is 9.78 Å². The quantitative estimate of drug-likeness (QED) is 0.914. The Balaban J connectivity index is 2.23. The van der Waals surface area contributed by atoms with Crippen LogP contribution < -0.4 is 10.5 Å². The third-order valence-electron chi connectivity index (χ3n) is 3.22. The number of aromatic nitrogens is 2. The Kier molecular flexibility index (Phi) is 5.14. The van der Waals surface area contributed by atoms with E-state index in [2.05, 4.69) is 5.10 Å². The zero-order chi connectivity index (χ0) is 15.6. The van der Waals surface area contributed by atoms with E-state index in [0.29, 0.717) is 29.0 Å². The van der Waals surface area contributed by atoms with Crippen molar-refractivity contribution >= 4 is 23.2 Å². The van der Waals surface area contributed by atoms with E-state index in [4.69, 9.17) is 33.7 Å². The Morgan fingerprint density at radius 3 is 2.67 bits per heavy atom.